The average molecular weight is 290 g/mol. The number of ether oxygens (including phenoxy) is 1. The standard InChI is InChI=1S/C14H8F2N2O3/c15-9-5-13(11(18)4-8(9)14(19)20)21-12-2-1-7(6-17)3-10(12)16/h1-5H,18H2,(H,19,20). The Kier molecular flexibility index (Phi) is 3.71. The SMILES string of the molecule is N#Cc1ccc(Oc2cc(F)c(C(=O)O)cc2N)c(F)c1. The number of nitrogen functional groups attached to an aromatic ring is 1. The van der Waals surface area contributed by atoms with Crippen LogP contribution in [-0.4, -0.2) is 11.1 Å². The van der Waals surface area contributed by atoms with Gasteiger partial charge in [-0.1, -0.05) is 0 Å². The second-order valence-electron chi connectivity index (χ2n) is 4.03. The molecule has 0 atom stereocenters. The van der Waals surface area contributed by atoms with Crippen LogP contribution in [0.2, 0.25) is 0 Å². The fraction of sp³-hybridized carbons (Fsp3) is 0. The lowest BCUT2D eigenvalue weighted by molar-refractivity contribution is 0.0692. The lowest BCUT2D eigenvalue weighted by Crippen LogP contribution is -2.03. The molecule has 3 N–H and O–H groups in total. The van der Waals surface area contributed by atoms with Crippen LogP contribution >= 0.6 is 0 Å². The number of carboxylic acid groups (broad SMARTS) is 1. The van der Waals surface area contributed by atoms with Crippen LogP contribution in [0.4, 0.5) is 14.5 Å². The molecule has 0 amide bonds. The van der Waals surface area contributed by atoms with E-state index >= 15 is 0 Å². The maximum Gasteiger partial charge on any atom is 0.338 e. The maximum atomic E-state index is 13.7. The molecule has 0 aliphatic rings. The molecule has 0 heterocycles. The number of nitrogens with zero attached hydrogens (tertiary/aromatic N) is 1. The highest BCUT2D eigenvalue weighted by atomic mass is 19.1. The summed E-state index contributed by atoms with van der Waals surface area (Å²) in [7, 11) is 0. The summed E-state index contributed by atoms with van der Waals surface area (Å²) < 4.78 is 32.3. The number of carbonyl (C=O) groups is 1. The normalized spacial score (nSPS) is 9.95. The molecule has 0 radical (unpaired) electrons. The van der Waals surface area contributed by atoms with E-state index in [1.54, 1.807) is 6.07 Å². The molecule has 7 heteroatoms. The minimum atomic E-state index is -1.48. The van der Waals surface area contributed by atoms with Gasteiger partial charge in [0.15, 0.2) is 17.3 Å². The number of hydrogen-bond donors (Lipinski definition) is 2. The summed E-state index contributed by atoms with van der Waals surface area (Å²) in [5, 5.41) is 17.4. The highest BCUT2D eigenvalue weighted by Gasteiger charge is 2.16. The van der Waals surface area contributed by atoms with Gasteiger partial charge in [-0.15, -0.1) is 0 Å². The zero-order valence-corrected chi connectivity index (χ0v) is 10.4. The number of anilines is 1. The molecule has 21 heavy (non-hydrogen) atoms. The van der Waals surface area contributed by atoms with Crippen molar-refractivity contribution in [2.75, 3.05) is 5.73 Å². The van der Waals surface area contributed by atoms with E-state index in [9.17, 15) is 13.6 Å². The third kappa shape index (κ3) is 2.90. The minimum Gasteiger partial charge on any atom is -0.478 e. The van der Waals surface area contributed by atoms with Gasteiger partial charge < -0.3 is 15.6 Å². The number of hydrogen-bond acceptors (Lipinski definition) is 4. The molecular formula is C14H8F2N2O3. The van der Waals surface area contributed by atoms with Gasteiger partial charge in [0.2, 0.25) is 0 Å². The molecule has 0 aromatic heterocycles. The molecule has 0 saturated carbocycles. The van der Waals surface area contributed by atoms with Crippen LogP contribution in [-0.2, 0) is 0 Å². The van der Waals surface area contributed by atoms with Crippen molar-refractivity contribution in [3.63, 3.8) is 0 Å². The van der Waals surface area contributed by atoms with E-state index in [1.165, 1.54) is 12.1 Å². The molecule has 0 aliphatic carbocycles. The Bertz CT molecular complexity index is 770. The van der Waals surface area contributed by atoms with Crippen molar-refractivity contribution >= 4 is 11.7 Å². The first-order valence-corrected chi connectivity index (χ1v) is 5.62. The van der Waals surface area contributed by atoms with Crippen LogP contribution in [0.3, 0.4) is 0 Å². The Morgan fingerprint density at radius 3 is 2.48 bits per heavy atom. The topological polar surface area (TPSA) is 96.3 Å². The highest BCUT2D eigenvalue weighted by Crippen LogP contribution is 2.31. The fourth-order valence-corrected chi connectivity index (χ4v) is 1.60. The van der Waals surface area contributed by atoms with Crippen molar-refractivity contribution in [1.82, 2.24) is 0 Å². The van der Waals surface area contributed by atoms with Gasteiger partial charge >= 0.3 is 5.97 Å². The Morgan fingerprint density at radius 2 is 1.90 bits per heavy atom. The molecule has 0 aliphatic heterocycles. The maximum absolute atomic E-state index is 13.7. The van der Waals surface area contributed by atoms with Crippen LogP contribution in [0.5, 0.6) is 11.5 Å². The van der Waals surface area contributed by atoms with E-state index in [0.717, 1.165) is 18.2 Å². The summed E-state index contributed by atoms with van der Waals surface area (Å²) in [6.07, 6.45) is 0. The molecule has 5 nitrogen and oxygen atoms in total. The Hall–Kier alpha value is -3.14. The molecule has 0 fully saturated rings. The first-order chi connectivity index (χ1) is 9.92. The Labute approximate surface area is 117 Å². The van der Waals surface area contributed by atoms with Crippen LogP contribution < -0.4 is 10.5 Å². The number of nitrogens with two attached hydrogens (primary N) is 1. The molecule has 0 saturated heterocycles. The smallest absolute Gasteiger partial charge is 0.338 e. The van der Waals surface area contributed by atoms with Gasteiger partial charge in [-0.3, -0.25) is 0 Å². The predicted octanol–water partition coefficient (Wildman–Crippen LogP) is 2.91. The van der Waals surface area contributed by atoms with Crippen LogP contribution in [0.1, 0.15) is 15.9 Å². The lowest BCUT2D eigenvalue weighted by Gasteiger charge is -2.10. The molecule has 2 rings (SSSR count). The van der Waals surface area contributed by atoms with E-state index in [2.05, 4.69) is 0 Å². The van der Waals surface area contributed by atoms with Gasteiger partial charge in [-0.25, -0.2) is 13.6 Å². The van der Waals surface area contributed by atoms with E-state index in [4.69, 9.17) is 20.8 Å². The van der Waals surface area contributed by atoms with Gasteiger partial charge in [0.1, 0.15) is 5.82 Å². The number of rotatable bonds is 3. The molecular weight excluding hydrogens is 282 g/mol. The van der Waals surface area contributed by atoms with Crippen LogP contribution in [0.25, 0.3) is 0 Å². The van der Waals surface area contributed by atoms with Gasteiger partial charge in [0.05, 0.1) is 22.9 Å². The molecule has 106 valence electrons. The minimum absolute atomic E-state index is 0.0974. The summed E-state index contributed by atoms with van der Waals surface area (Å²) in [4.78, 5) is 10.7. The lowest BCUT2D eigenvalue weighted by atomic mass is 10.1. The van der Waals surface area contributed by atoms with E-state index in [-0.39, 0.29) is 22.7 Å². The largest absolute Gasteiger partial charge is 0.478 e. The molecule has 0 spiro atoms. The van der Waals surface area contributed by atoms with E-state index in [1.807, 2.05) is 0 Å². The molecule has 0 bridgehead atoms. The summed E-state index contributed by atoms with van der Waals surface area (Å²) >= 11 is 0. The van der Waals surface area contributed by atoms with Crippen molar-refractivity contribution < 1.29 is 23.4 Å². The summed E-state index contributed by atoms with van der Waals surface area (Å²) in [6.45, 7) is 0. The summed E-state index contributed by atoms with van der Waals surface area (Å²) in [6, 6.07) is 6.86. The van der Waals surface area contributed by atoms with Crippen molar-refractivity contribution in [2.24, 2.45) is 0 Å². The Morgan fingerprint density at radius 1 is 1.19 bits per heavy atom. The van der Waals surface area contributed by atoms with Gasteiger partial charge in [-0.2, -0.15) is 5.26 Å². The van der Waals surface area contributed by atoms with Crippen LogP contribution in [0.15, 0.2) is 30.3 Å². The number of carboxylic acids is 1. The third-order valence-electron chi connectivity index (χ3n) is 2.61. The fourth-order valence-electron chi connectivity index (χ4n) is 1.60. The van der Waals surface area contributed by atoms with Crippen molar-refractivity contribution in [2.45, 2.75) is 0 Å². The van der Waals surface area contributed by atoms with Gasteiger partial charge in [0.25, 0.3) is 0 Å². The number of nitriles is 1. The second-order valence-corrected chi connectivity index (χ2v) is 4.03. The molecule has 2 aromatic carbocycles. The number of halogens is 2. The third-order valence-corrected chi connectivity index (χ3v) is 2.61. The highest BCUT2D eigenvalue weighted by molar-refractivity contribution is 5.89. The molecule has 0 unspecified atom stereocenters. The first kappa shape index (κ1) is 14.3. The van der Waals surface area contributed by atoms with Gasteiger partial charge in [0, 0.05) is 6.07 Å². The zero-order valence-electron chi connectivity index (χ0n) is 10.4. The van der Waals surface area contributed by atoms with Crippen LogP contribution in [0, 0.1) is 23.0 Å². The quantitative estimate of drug-likeness (QED) is 0.847. The average Bonchev–Trinajstić information content (AvgIpc) is 2.44. The summed E-state index contributed by atoms with van der Waals surface area (Å²) in [5.41, 5.74) is 4.88. The van der Waals surface area contributed by atoms with Crippen molar-refractivity contribution in [3.05, 3.63) is 53.1 Å². The monoisotopic (exact) mass is 290 g/mol. The predicted molar refractivity (Wildman–Crippen MR) is 69.0 cm³/mol. The second kappa shape index (κ2) is 5.46. The number of aromatic carboxylic acids is 1. The zero-order chi connectivity index (χ0) is 15.6. The van der Waals surface area contributed by atoms with E-state index in [0.29, 0.717) is 0 Å². The van der Waals surface area contributed by atoms with Crippen molar-refractivity contribution in [3.8, 4) is 17.6 Å². The molecule has 2 aromatic rings. The first-order valence-electron chi connectivity index (χ1n) is 5.62. The summed E-state index contributed by atoms with van der Waals surface area (Å²) in [5.74, 6) is -3.84. The Balaban J connectivity index is 2.39. The van der Waals surface area contributed by atoms with Gasteiger partial charge in [-0.05, 0) is 24.3 Å². The van der Waals surface area contributed by atoms with Crippen molar-refractivity contribution in [1.29, 1.82) is 5.26 Å². The van der Waals surface area contributed by atoms with E-state index < -0.39 is 23.2 Å². The number of benzene rings is 2.